The molecule has 0 saturated carbocycles. The lowest BCUT2D eigenvalue weighted by Crippen LogP contribution is -2.17. The van der Waals surface area contributed by atoms with Crippen LogP contribution in [0.15, 0.2) is 12.1 Å². The van der Waals surface area contributed by atoms with Crippen LogP contribution in [0.4, 0.5) is 26.3 Å². The molecule has 15 heavy (non-hydrogen) atoms. The third-order valence-electron chi connectivity index (χ3n) is 1.60. The van der Waals surface area contributed by atoms with Crippen LogP contribution in [0.5, 0.6) is 0 Å². The summed E-state index contributed by atoms with van der Waals surface area (Å²) in [5.74, 6) is -4.69. The molecular formula is C8H3ClF6. The number of hydrogen-bond acceptors (Lipinski definition) is 0. The summed E-state index contributed by atoms with van der Waals surface area (Å²) in [5.41, 5.74) is -1.14. The largest absolute Gasteiger partial charge is 0.409 e. The van der Waals surface area contributed by atoms with Gasteiger partial charge in [-0.1, -0.05) is 0 Å². The maximum Gasteiger partial charge on any atom is 0.409 e. The fraction of sp³-hybridized carbons (Fsp3) is 0.250. The predicted octanol–water partition coefficient (Wildman–Crippen LogP) is 3.95. The van der Waals surface area contributed by atoms with Gasteiger partial charge in [0.1, 0.15) is 5.82 Å². The van der Waals surface area contributed by atoms with Crippen molar-refractivity contribution in [3.63, 3.8) is 0 Å². The van der Waals surface area contributed by atoms with Crippen LogP contribution in [0.3, 0.4) is 0 Å². The molecule has 0 N–H and O–H groups in total. The summed E-state index contributed by atoms with van der Waals surface area (Å²) in [6.45, 7) is 0. The highest BCUT2D eigenvalue weighted by molar-refractivity contribution is 6.21. The average molecular weight is 249 g/mol. The lowest BCUT2D eigenvalue weighted by atomic mass is 10.1. The Bertz CT molecular complexity index is 372. The van der Waals surface area contributed by atoms with E-state index < -0.39 is 34.6 Å². The average Bonchev–Trinajstić information content (AvgIpc) is 2.08. The van der Waals surface area contributed by atoms with Gasteiger partial charge >= 0.3 is 6.18 Å². The van der Waals surface area contributed by atoms with Crippen LogP contribution in [-0.2, 0) is 0 Å². The number of hydrogen-bond donors (Lipinski definition) is 0. The van der Waals surface area contributed by atoms with Gasteiger partial charge in [-0.25, -0.2) is 13.2 Å². The second-order valence-corrected chi connectivity index (χ2v) is 3.13. The van der Waals surface area contributed by atoms with Crippen molar-refractivity contribution < 1.29 is 26.3 Å². The minimum Gasteiger partial charge on any atom is -0.207 e. The molecule has 0 nitrogen and oxygen atoms in total. The van der Waals surface area contributed by atoms with Gasteiger partial charge in [0.05, 0.1) is 0 Å². The van der Waals surface area contributed by atoms with Crippen molar-refractivity contribution in [2.45, 2.75) is 11.6 Å². The molecule has 1 rings (SSSR count). The van der Waals surface area contributed by atoms with Crippen LogP contribution in [0.1, 0.15) is 10.9 Å². The second-order valence-electron chi connectivity index (χ2n) is 2.69. The summed E-state index contributed by atoms with van der Waals surface area (Å²) in [6, 6.07) is 0.113. The maximum absolute atomic E-state index is 12.8. The van der Waals surface area contributed by atoms with E-state index in [9.17, 15) is 26.3 Å². The zero-order valence-corrected chi connectivity index (χ0v) is 7.63. The summed E-state index contributed by atoms with van der Waals surface area (Å²) in [5, 5.41) is -2.70. The molecule has 0 saturated heterocycles. The highest BCUT2D eigenvalue weighted by Crippen LogP contribution is 2.39. The van der Waals surface area contributed by atoms with Crippen molar-refractivity contribution in [3.8, 4) is 0 Å². The smallest absolute Gasteiger partial charge is 0.207 e. The van der Waals surface area contributed by atoms with Crippen LogP contribution in [0.25, 0.3) is 0 Å². The third kappa shape index (κ3) is 2.56. The van der Waals surface area contributed by atoms with E-state index in [1.807, 2.05) is 0 Å². The molecular weight excluding hydrogens is 246 g/mol. The fourth-order valence-corrected chi connectivity index (χ4v) is 1.08. The van der Waals surface area contributed by atoms with E-state index in [0.29, 0.717) is 0 Å². The zero-order valence-electron chi connectivity index (χ0n) is 6.88. The molecule has 0 amide bonds. The monoisotopic (exact) mass is 248 g/mol. The van der Waals surface area contributed by atoms with Crippen molar-refractivity contribution in [1.82, 2.24) is 0 Å². The number of rotatable bonds is 1. The van der Waals surface area contributed by atoms with Crippen molar-refractivity contribution in [2.75, 3.05) is 0 Å². The van der Waals surface area contributed by atoms with Gasteiger partial charge in [0, 0.05) is 11.6 Å². The lowest BCUT2D eigenvalue weighted by Gasteiger charge is -2.14. The molecule has 0 fully saturated rings. The summed E-state index contributed by atoms with van der Waals surface area (Å²) < 4.78 is 73.8. The molecule has 0 radical (unpaired) electrons. The van der Waals surface area contributed by atoms with Crippen LogP contribution in [0.2, 0.25) is 0 Å². The normalized spacial score (nSPS) is 14.1. The van der Waals surface area contributed by atoms with Gasteiger partial charge in [-0.3, -0.25) is 0 Å². The van der Waals surface area contributed by atoms with E-state index >= 15 is 0 Å². The summed E-state index contributed by atoms with van der Waals surface area (Å²) in [6.07, 6.45) is -4.92. The lowest BCUT2D eigenvalue weighted by molar-refractivity contribution is -0.132. The first-order valence-corrected chi connectivity index (χ1v) is 4.02. The Labute approximate surface area is 85.5 Å². The minimum atomic E-state index is -4.92. The highest BCUT2D eigenvalue weighted by atomic mass is 35.5. The number of benzene rings is 1. The molecule has 1 aromatic carbocycles. The van der Waals surface area contributed by atoms with E-state index in [4.69, 9.17) is 11.6 Å². The quantitative estimate of drug-likeness (QED) is 0.401. The van der Waals surface area contributed by atoms with Gasteiger partial charge < -0.3 is 0 Å². The van der Waals surface area contributed by atoms with Crippen molar-refractivity contribution >= 4 is 11.6 Å². The first-order chi connectivity index (χ1) is 6.73. The van der Waals surface area contributed by atoms with Crippen LogP contribution in [0, 0.1) is 17.5 Å². The minimum absolute atomic E-state index is 0.0196. The van der Waals surface area contributed by atoms with E-state index in [0.717, 1.165) is 0 Å². The maximum atomic E-state index is 12.8. The van der Waals surface area contributed by atoms with Crippen molar-refractivity contribution in [2.24, 2.45) is 0 Å². The molecule has 0 bridgehead atoms. The molecule has 0 aromatic heterocycles. The van der Waals surface area contributed by atoms with Gasteiger partial charge in [-0.05, 0) is 6.07 Å². The molecule has 1 unspecified atom stereocenters. The Morgan fingerprint density at radius 1 is 0.933 bits per heavy atom. The molecule has 0 aliphatic heterocycles. The van der Waals surface area contributed by atoms with Crippen LogP contribution >= 0.6 is 11.6 Å². The summed E-state index contributed by atoms with van der Waals surface area (Å²) in [4.78, 5) is 0. The van der Waals surface area contributed by atoms with Gasteiger partial charge in [0.2, 0.25) is 0 Å². The molecule has 0 aliphatic carbocycles. The highest BCUT2D eigenvalue weighted by Gasteiger charge is 2.41. The first kappa shape index (κ1) is 12.2. The van der Waals surface area contributed by atoms with E-state index in [1.165, 1.54) is 0 Å². The summed E-state index contributed by atoms with van der Waals surface area (Å²) in [7, 11) is 0. The fourth-order valence-electron chi connectivity index (χ4n) is 0.908. The molecule has 0 aliphatic rings. The van der Waals surface area contributed by atoms with Gasteiger partial charge in [0.15, 0.2) is 17.0 Å². The molecule has 7 heteroatoms. The third-order valence-corrected chi connectivity index (χ3v) is 2.08. The number of alkyl halides is 4. The Morgan fingerprint density at radius 2 is 1.40 bits per heavy atom. The Balaban J connectivity index is 3.21. The summed E-state index contributed by atoms with van der Waals surface area (Å²) >= 11 is 4.86. The Morgan fingerprint density at radius 3 is 1.87 bits per heavy atom. The molecule has 1 aromatic rings. The molecule has 84 valence electrons. The van der Waals surface area contributed by atoms with E-state index in [-0.39, 0.29) is 12.1 Å². The van der Waals surface area contributed by atoms with Crippen molar-refractivity contribution in [3.05, 3.63) is 35.1 Å². The molecule has 1 atom stereocenters. The predicted molar refractivity (Wildman–Crippen MR) is 41.0 cm³/mol. The van der Waals surface area contributed by atoms with Crippen LogP contribution < -0.4 is 0 Å². The Hall–Kier alpha value is -0.910. The standard InChI is InChI=1S/C8H3ClF6/c9-7(8(13,14)15)3-1-5(11)6(12)2-4(3)10/h1-2,7H. The topological polar surface area (TPSA) is 0 Å². The number of halogens is 7. The van der Waals surface area contributed by atoms with Gasteiger partial charge in [-0.15, -0.1) is 11.6 Å². The SMILES string of the molecule is Fc1cc(F)c(C(Cl)C(F)(F)F)cc1F. The van der Waals surface area contributed by atoms with Gasteiger partial charge in [0.25, 0.3) is 0 Å². The van der Waals surface area contributed by atoms with Crippen LogP contribution in [-0.4, -0.2) is 6.18 Å². The Kier molecular flexibility index (Phi) is 3.18. The molecule has 0 spiro atoms. The zero-order chi connectivity index (χ0) is 11.8. The van der Waals surface area contributed by atoms with E-state index in [1.54, 1.807) is 0 Å². The molecule has 0 heterocycles. The second kappa shape index (κ2) is 3.92. The van der Waals surface area contributed by atoms with Crippen molar-refractivity contribution in [1.29, 1.82) is 0 Å². The van der Waals surface area contributed by atoms with E-state index in [2.05, 4.69) is 0 Å². The first-order valence-electron chi connectivity index (χ1n) is 3.58. The van der Waals surface area contributed by atoms with Gasteiger partial charge in [-0.2, -0.15) is 13.2 Å².